The van der Waals surface area contributed by atoms with Crippen LogP contribution in [0.4, 0.5) is 39.9 Å². The van der Waals surface area contributed by atoms with E-state index in [4.69, 9.17) is 5.11 Å². The molecule has 40 heavy (non-hydrogen) atoms. The van der Waals surface area contributed by atoms with Gasteiger partial charge in [0.2, 0.25) is 0 Å². The number of carboxylic acid groups (broad SMARTS) is 1. The van der Waals surface area contributed by atoms with E-state index in [0.29, 0.717) is 11.6 Å². The van der Waals surface area contributed by atoms with E-state index in [1.54, 1.807) is 23.5 Å². The van der Waals surface area contributed by atoms with Crippen LogP contribution in [0.2, 0.25) is 0 Å². The molecule has 0 aromatic heterocycles. The van der Waals surface area contributed by atoms with Gasteiger partial charge in [0.05, 0.1) is 12.1 Å². The molecule has 1 atom stereocenters. The fraction of sp³-hybridized carbons (Fsp3) is 0.231. The Morgan fingerprint density at radius 2 is 1.48 bits per heavy atom. The number of nitrogens with one attached hydrogen (secondary N) is 2. The molecule has 0 heterocycles. The highest BCUT2D eigenvalue weighted by Crippen LogP contribution is 2.38. The first-order chi connectivity index (χ1) is 18.6. The Kier molecular flexibility index (Phi) is 8.90. The zero-order valence-corrected chi connectivity index (χ0v) is 20.1. The number of rotatable bonds is 11. The van der Waals surface area contributed by atoms with Crippen molar-refractivity contribution in [3.8, 4) is 5.75 Å². The molecular weight excluding hydrogens is 556 g/mol. The fourth-order valence-electron chi connectivity index (χ4n) is 3.77. The monoisotopic (exact) mass is 576 g/mol. The maximum atomic E-state index is 14.7. The molecule has 0 saturated heterocycles. The van der Waals surface area contributed by atoms with Crippen LogP contribution in [-0.4, -0.2) is 42.1 Å². The van der Waals surface area contributed by atoms with Crippen molar-refractivity contribution in [2.75, 3.05) is 6.54 Å². The van der Waals surface area contributed by atoms with E-state index < -0.39 is 59.9 Å². The van der Waals surface area contributed by atoms with Crippen LogP contribution in [0, 0.1) is 11.6 Å². The number of urea groups is 1. The van der Waals surface area contributed by atoms with Gasteiger partial charge < -0.3 is 20.5 Å². The molecule has 0 spiro atoms. The lowest BCUT2D eigenvalue weighted by molar-refractivity contribution is -0.253. The number of carbonyl (C=O) groups excluding carboxylic acids is 1. The van der Waals surface area contributed by atoms with E-state index in [9.17, 15) is 44.7 Å². The van der Waals surface area contributed by atoms with E-state index in [2.05, 4.69) is 10.1 Å². The smallest absolute Gasteiger partial charge is 0.461 e. The van der Waals surface area contributed by atoms with Gasteiger partial charge in [-0.05, 0) is 41.0 Å². The molecule has 0 bridgehead atoms. The first-order valence-electron chi connectivity index (χ1n) is 11.3. The molecule has 1 unspecified atom stereocenters. The topological polar surface area (TPSA) is 87.7 Å². The third-order valence-electron chi connectivity index (χ3n) is 5.63. The van der Waals surface area contributed by atoms with Crippen molar-refractivity contribution >= 4 is 12.0 Å². The number of hydrogen-bond acceptors (Lipinski definition) is 3. The SMILES string of the molecule is O=C(NCC(F)(F)C(=O)O)NC(Cc1ccccc1)(c1ccc(F)cc1)c1cc(F)cc(OC(F)(F)C(F)F)c1. The van der Waals surface area contributed by atoms with Crippen LogP contribution in [0.3, 0.4) is 0 Å². The average molecular weight is 576 g/mol. The van der Waals surface area contributed by atoms with Gasteiger partial charge in [0.1, 0.15) is 17.4 Å². The van der Waals surface area contributed by atoms with Crippen LogP contribution in [0.15, 0.2) is 72.8 Å². The maximum absolute atomic E-state index is 14.7. The van der Waals surface area contributed by atoms with Gasteiger partial charge in [0.15, 0.2) is 0 Å². The van der Waals surface area contributed by atoms with Crippen molar-refractivity contribution in [1.82, 2.24) is 10.6 Å². The van der Waals surface area contributed by atoms with Crippen molar-refractivity contribution in [3.63, 3.8) is 0 Å². The summed E-state index contributed by atoms with van der Waals surface area (Å²) < 4.78 is 113. The van der Waals surface area contributed by atoms with Gasteiger partial charge in [-0.3, -0.25) is 0 Å². The number of ether oxygens (including phenoxy) is 1. The number of carbonyl (C=O) groups is 2. The minimum Gasteiger partial charge on any atom is -0.477 e. The summed E-state index contributed by atoms with van der Waals surface area (Å²) in [6.07, 6.45) is -9.66. The standard InChI is InChI=1S/C26H20F8N2O4/c27-18-8-6-16(7-9-18)24(13-15-4-2-1-3-5-15,36-23(39)35-14-25(31,32)22(37)38)17-10-19(28)12-20(11-17)40-26(33,34)21(29)30/h1-12,21H,13-14H2,(H,37,38)(H2,35,36,39). The summed E-state index contributed by atoms with van der Waals surface area (Å²) in [4.78, 5) is 23.6. The van der Waals surface area contributed by atoms with E-state index in [1.807, 2.05) is 0 Å². The molecule has 0 saturated carbocycles. The second kappa shape index (κ2) is 11.8. The molecule has 0 fully saturated rings. The molecule has 3 aromatic rings. The van der Waals surface area contributed by atoms with Crippen LogP contribution in [-0.2, 0) is 16.8 Å². The molecule has 3 rings (SSSR count). The van der Waals surface area contributed by atoms with E-state index >= 15 is 0 Å². The molecule has 0 aliphatic rings. The third kappa shape index (κ3) is 7.18. The minimum absolute atomic E-state index is 0.0185. The van der Waals surface area contributed by atoms with Gasteiger partial charge >= 0.3 is 30.5 Å². The normalized spacial score (nSPS) is 13.4. The molecule has 0 radical (unpaired) electrons. The Hall–Kier alpha value is -4.36. The second-order valence-corrected chi connectivity index (χ2v) is 8.53. The van der Waals surface area contributed by atoms with Crippen LogP contribution >= 0.6 is 0 Å². The third-order valence-corrected chi connectivity index (χ3v) is 5.63. The number of amides is 2. The maximum Gasteiger partial charge on any atom is 0.461 e. The highest BCUT2D eigenvalue weighted by Gasteiger charge is 2.45. The molecule has 0 aliphatic carbocycles. The number of hydrogen-bond donors (Lipinski definition) is 3. The number of benzene rings is 3. The van der Waals surface area contributed by atoms with Gasteiger partial charge in [-0.25, -0.2) is 18.4 Å². The summed E-state index contributed by atoms with van der Waals surface area (Å²) in [5.41, 5.74) is -2.05. The van der Waals surface area contributed by atoms with Crippen LogP contribution in [0.5, 0.6) is 5.75 Å². The predicted octanol–water partition coefficient (Wildman–Crippen LogP) is 5.71. The van der Waals surface area contributed by atoms with Crippen molar-refractivity contribution in [2.45, 2.75) is 30.4 Å². The first kappa shape index (κ1) is 30.2. The number of alkyl halides is 6. The van der Waals surface area contributed by atoms with Crippen molar-refractivity contribution in [3.05, 3.63) is 101 Å². The zero-order chi connectivity index (χ0) is 29.7. The Balaban J connectivity index is 2.20. The second-order valence-electron chi connectivity index (χ2n) is 8.53. The Morgan fingerprint density at radius 3 is 2.05 bits per heavy atom. The zero-order valence-electron chi connectivity index (χ0n) is 20.1. The fourth-order valence-corrected chi connectivity index (χ4v) is 3.77. The quantitative estimate of drug-likeness (QED) is 0.256. The Bertz CT molecular complexity index is 1340. The number of halogens is 8. The first-order valence-corrected chi connectivity index (χ1v) is 11.3. The van der Waals surface area contributed by atoms with Gasteiger partial charge in [0, 0.05) is 12.5 Å². The highest BCUT2D eigenvalue weighted by molar-refractivity contribution is 5.79. The predicted molar refractivity (Wildman–Crippen MR) is 124 cm³/mol. The minimum atomic E-state index is -5.03. The average Bonchev–Trinajstić information content (AvgIpc) is 2.87. The molecular formula is C26H20F8N2O4. The Morgan fingerprint density at radius 1 is 0.850 bits per heavy atom. The van der Waals surface area contributed by atoms with Crippen molar-refractivity contribution < 1.29 is 54.6 Å². The summed E-state index contributed by atoms with van der Waals surface area (Å²) >= 11 is 0. The molecule has 6 nitrogen and oxygen atoms in total. The summed E-state index contributed by atoms with van der Waals surface area (Å²) in [5.74, 6) is -10.00. The highest BCUT2D eigenvalue weighted by atomic mass is 19.3. The molecule has 14 heteroatoms. The van der Waals surface area contributed by atoms with Gasteiger partial charge in [0.25, 0.3) is 0 Å². The summed E-state index contributed by atoms with van der Waals surface area (Å²) in [7, 11) is 0. The van der Waals surface area contributed by atoms with Crippen LogP contribution in [0.1, 0.15) is 16.7 Å². The van der Waals surface area contributed by atoms with Crippen molar-refractivity contribution in [1.29, 1.82) is 0 Å². The van der Waals surface area contributed by atoms with E-state index in [-0.39, 0.29) is 17.5 Å². The van der Waals surface area contributed by atoms with Gasteiger partial charge in [-0.2, -0.15) is 26.3 Å². The molecule has 3 N–H and O–H groups in total. The summed E-state index contributed by atoms with van der Waals surface area (Å²) in [6, 6.07) is 12.4. The van der Waals surface area contributed by atoms with Crippen LogP contribution in [0.25, 0.3) is 0 Å². The summed E-state index contributed by atoms with van der Waals surface area (Å²) in [6.45, 7) is -1.67. The van der Waals surface area contributed by atoms with Crippen LogP contribution < -0.4 is 15.4 Å². The lowest BCUT2D eigenvalue weighted by Crippen LogP contribution is -2.54. The van der Waals surface area contributed by atoms with E-state index in [0.717, 1.165) is 36.4 Å². The lowest BCUT2D eigenvalue weighted by Gasteiger charge is -2.37. The molecule has 3 aromatic carbocycles. The summed E-state index contributed by atoms with van der Waals surface area (Å²) in [5, 5.41) is 12.6. The Labute approximate surface area is 221 Å². The molecule has 2 amide bonds. The largest absolute Gasteiger partial charge is 0.477 e. The number of carboxylic acids is 1. The van der Waals surface area contributed by atoms with Crippen molar-refractivity contribution in [2.24, 2.45) is 0 Å². The van der Waals surface area contributed by atoms with Gasteiger partial charge in [-0.15, -0.1) is 0 Å². The van der Waals surface area contributed by atoms with E-state index in [1.165, 1.54) is 12.1 Å². The molecule has 214 valence electrons. The lowest BCUT2D eigenvalue weighted by atomic mass is 9.77. The van der Waals surface area contributed by atoms with Gasteiger partial charge in [-0.1, -0.05) is 42.5 Å². The molecule has 0 aliphatic heterocycles. The number of aliphatic carboxylic acids is 1.